The first-order valence-corrected chi connectivity index (χ1v) is 7.79. The fourth-order valence-corrected chi connectivity index (χ4v) is 3.11. The van der Waals surface area contributed by atoms with Crippen molar-refractivity contribution in [3.8, 4) is 17.0 Å². The standard InChI is InChI=1S/C15H17N3O2S/c1-3-18-12-6-10(11-8-21-14(7-16)17-11)4-5-13(12)20-9(2)15(18)19/h4-6,8-9H,3,7,16H2,1-2H3. The average molecular weight is 303 g/mol. The largest absolute Gasteiger partial charge is 0.479 e. The van der Waals surface area contributed by atoms with E-state index in [4.69, 9.17) is 10.5 Å². The number of carbonyl (C=O) groups excluding carboxylic acids is 1. The maximum absolute atomic E-state index is 12.2. The molecule has 1 unspecified atom stereocenters. The highest BCUT2D eigenvalue weighted by Gasteiger charge is 2.30. The van der Waals surface area contributed by atoms with Crippen molar-refractivity contribution in [2.75, 3.05) is 11.4 Å². The van der Waals surface area contributed by atoms with Gasteiger partial charge in [0.25, 0.3) is 5.91 Å². The van der Waals surface area contributed by atoms with Gasteiger partial charge in [-0.3, -0.25) is 4.79 Å². The Labute approximate surface area is 127 Å². The first kappa shape index (κ1) is 14.0. The van der Waals surface area contributed by atoms with Crippen LogP contribution in [0.3, 0.4) is 0 Å². The molecule has 110 valence electrons. The van der Waals surface area contributed by atoms with Gasteiger partial charge in [0.05, 0.1) is 11.4 Å². The second-order valence-corrected chi connectivity index (χ2v) is 5.80. The van der Waals surface area contributed by atoms with E-state index < -0.39 is 6.10 Å². The number of likely N-dealkylation sites (N-methyl/N-ethyl adjacent to an activating group) is 1. The molecule has 0 aliphatic carbocycles. The molecule has 2 heterocycles. The number of fused-ring (bicyclic) bond motifs is 1. The number of aromatic nitrogens is 1. The Morgan fingerprint density at radius 1 is 1.48 bits per heavy atom. The first-order chi connectivity index (χ1) is 10.1. The molecule has 0 spiro atoms. The van der Waals surface area contributed by atoms with Crippen molar-refractivity contribution >= 4 is 22.9 Å². The number of thiazole rings is 1. The summed E-state index contributed by atoms with van der Waals surface area (Å²) in [5.74, 6) is 0.727. The molecule has 5 nitrogen and oxygen atoms in total. The zero-order valence-corrected chi connectivity index (χ0v) is 12.8. The van der Waals surface area contributed by atoms with Crippen molar-refractivity contribution in [2.24, 2.45) is 5.73 Å². The van der Waals surface area contributed by atoms with Gasteiger partial charge in [-0.05, 0) is 32.0 Å². The van der Waals surface area contributed by atoms with E-state index in [0.717, 1.165) is 27.7 Å². The van der Waals surface area contributed by atoms with Crippen molar-refractivity contribution < 1.29 is 9.53 Å². The van der Waals surface area contributed by atoms with Crippen LogP contribution >= 0.6 is 11.3 Å². The Morgan fingerprint density at radius 2 is 2.29 bits per heavy atom. The Kier molecular flexibility index (Phi) is 3.65. The zero-order chi connectivity index (χ0) is 15.0. The quantitative estimate of drug-likeness (QED) is 0.945. The molecule has 3 rings (SSSR count). The number of nitrogens with zero attached hydrogens (tertiary/aromatic N) is 2. The number of rotatable bonds is 3. The maximum atomic E-state index is 12.2. The van der Waals surface area contributed by atoms with Crippen LogP contribution in [0.15, 0.2) is 23.6 Å². The molecule has 1 amide bonds. The molecule has 0 fully saturated rings. The molecule has 1 aromatic heterocycles. The minimum atomic E-state index is -0.439. The highest BCUT2D eigenvalue weighted by molar-refractivity contribution is 7.09. The van der Waals surface area contributed by atoms with E-state index in [1.165, 1.54) is 0 Å². The van der Waals surface area contributed by atoms with Crippen LogP contribution in [0.1, 0.15) is 18.9 Å². The van der Waals surface area contributed by atoms with E-state index in [0.29, 0.717) is 13.1 Å². The zero-order valence-electron chi connectivity index (χ0n) is 12.0. The lowest BCUT2D eigenvalue weighted by Gasteiger charge is -2.32. The molecule has 2 aromatic rings. The first-order valence-electron chi connectivity index (χ1n) is 6.91. The van der Waals surface area contributed by atoms with Crippen molar-refractivity contribution in [1.82, 2.24) is 4.98 Å². The molecule has 0 saturated carbocycles. The molecule has 1 aromatic carbocycles. The van der Waals surface area contributed by atoms with Gasteiger partial charge in [0.2, 0.25) is 0 Å². The Morgan fingerprint density at radius 3 is 2.95 bits per heavy atom. The lowest BCUT2D eigenvalue weighted by Crippen LogP contribution is -2.44. The minimum absolute atomic E-state index is 0.0110. The summed E-state index contributed by atoms with van der Waals surface area (Å²) in [4.78, 5) is 18.4. The minimum Gasteiger partial charge on any atom is -0.479 e. The fraction of sp³-hybridized carbons (Fsp3) is 0.333. The van der Waals surface area contributed by atoms with Crippen molar-refractivity contribution in [3.63, 3.8) is 0 Å². The van der Waals surface area contributed by atoms with E-state index in [1.54, 1.807) is 23.2 Å². The summed E-state index contributed by atoms with van der Waals surface area (Å²) in [6.07, 6.45) is -0.439. The molecule has 6 heteroatoms. The molecule has 1 atom stereocenters. The molecule has 1 aliphatic rings. The van der Waals surface area contributed by atoms with Gasteiger partial charge >= 0.3 is 0 Å². The number of anilines is 1. The molecule has 2 N–H and O–H groups in total. The van der Waals surface area contributed by atoms with Crippen LogP contribution in [-0.4, -0.2) is 23.5 Å². The normalized spacial score (nSPS) is 17.6. The second kappa shape index (κ2) is 5.46. The average Bonchev–Trinajstić information content (AvgIpc) is 2.97. The number of nitrogens with two attached hydrogens (primary N) is 1. The van der Waals surface area contributed by atoms with Gasteiger partial charge in [-0.1, -0.05) is 0 Å². The Balaban J connectivity index is 2.04. The highest BCUT2D eigenvalue weighted by Crippen LogP contribution is 2.37. The van der Waals surface area contributed by atoms with Gasteiger partial charge in [0, 0.05) is 24.0 Å². The van der Waals surface area contributed by atoms with Crippen LogP contribution in [0.5, 0.6) is 5.75 Å². The summed E-state index contributed by atoms with van der Waals surface area (Å²) in [5, 5.41) is 2.88. The fourth-order valence-electron chi connectivity index (χ4n) is 2.43. The topological polar surface area (TPSA) is 68.5 Å². The molecule has 0 saturated heterocycles. The van der Waals surface area contributed by atoms with Crippen molar-refractivity contribution in [3.05, 3.63) is 28.6 Å². The third-order valence-corrected chi connectivity index (χ3v) is 4.38. The third-order valence-electron chi connectivity index (χ3n) is 3.51. The van der Waals surface area contributed by atoms with Crippen LogP contribution in [0.4, 0.5) is 5.69 Å². The number of hydrogen-bond donors (Lipinski definition) is 1. The number of amides is 1. The van der Waals surface area contributed by atoms with Crippen molar-refractivity contribution in [1.29, 1.82) is 0 Å². The number of hydrogen-bond acceptors (Lipinski definition) is 5. The summed E-state index contributed by atoms with van der Waals surface area (Å²) in [7, 11) is 0. The van der Waals surface area contributed by atoms with Crippen LogP contribution in [0, 0.1) is 0 Å². The molecule has 0 radical (unpaired) electrons. The highest BCUT2D eigenvalue weighted by atomic mass is 32.1. The van der Waals surface area contributed by atoms with Crippen LogP contribution < -0.4 is 15.4 Å². The van der Waals surface area contributed by atoms with Gasteiger partial charge in [-0.25, -0.2) is 4.98 Å². The van der Waals surface area contributed by atoms with Crippen LogP contribution in [-0.2, 0) is 11.3 Å². The SMILES string of the molecule is CCN1C(=O)C(C)Oc2ccc(-c3csc(CN)n3)cc21. The van der Waals surface area contributed by atoms with Crippen LogP contribution in [0.25, 0.3) is 11.3 Å². The molecular formula is C15H17N3O2S. The number of benzene rings is 1. The van der Waals surface area contributed by atoms with Gasteiger partial charge in [0.1, 0.15) is 10.8 Å². The predicted molar refractivity (Wildman–Crippen MR) is 83.6 cm³/mol. The summed E-state index contributed by atoms with van der Waals surface area (Å²) in [5.41, 5.74) is 8.26. The van der Waals surface area contributed by atoms with E-state index in [1.807, 2.05) is 30.5 Å². The van der Waals surface area contributed by atoms with Gasteiger partial charge < -0.3 is 15.4 Å². The summed E-state index contributed by atoms with van der Waals surface area (Å²) in [6, 6.07) is 5.82. The molecule has 0 bridgehead atoms. The number of ether oxygens (including phenoxy) is 1. The van der Waals surface area contributed by atoms with E-state index in [-0.39, 0.29) is 5.91 Å². The monoisotopic (exact) mass is 303 g/mol. The predicted octanol–water partition coefficient (Wildman–Crippen LogP) is 2.40. The van der Waals surface area contributed by atoms with Gasteiger partial charge in [-0.2, -0.15) is 0 Å². The summed E-state index contributed by atoms with van der Waals surface area (Å²) >= 11 is 1.54. The van der Waals surface area contributed by atoms with E-state index in [9.17, 15) is 4.79 Å². The summed E-state index contributed by atoms with van der Waals surface area (Å²) < 4.78 is 5.66. The second-order valence-electron chi connectivity index (χ2n) is 4.86. The molecule has 1 aliphatic heterocycles. The summed E-state index contributed by atoms with van der Waals surface area (Å²) in [6.45, 7) is 4.79. The van der Waals surface area contributed by atoms with Crippen LogP contribution in [0.2, 0.25) is 0 Å². The van der Waals surface area contributed by atoms with Crippen molar-refractivity contribution in [2.45, 2.75) is 26.5 Å². The van der Waals surface area contributed by atoms with Gasteiger partial charge in [0.15, 0.2) is 6.10 Å². The number of carbonyl (C=O) groups is 1. The van der Waals surface area contributed by atoms with E-state index in [2.05, 4.69) is 4.98 Å². The Bertz CT molecular complexity index is 683. The smallest absolute Gasteiger partial charge is 0.267 e. The maximum Gasteiger partial charge on any atom is 0.267 e. The molecule has 21 heavy (non-hydrogen) atoms. The third kappa shape index (κ3) is 2.41. The van der Waals surface area contributed by atoms with Gasteiger partial charge in [-0.15, -0.1) is 11.3 Å². The Hall–Kier alpha value is -1.92. The molecular weight excluding hydrogens is 286 g/mol. The van der Waals surface area contributed by atoms with E-state index >= 15 is 0 Å². The lowest BCUT2D eigenvalue weighted by atomic mass is 10.1. The lowest BCUT2D eigenvalue weighted by molar-refractivity contribution is -0.125.